The average Bonchev–Trinajstić information content (AvgIpc) is 2.48. The molecular formula is C17H20ClN3O2. The van der Waals surface area contributed by atoms with Gasteiger partial charge < -0.3 is 21.1 Å². The van der Waals surface area contributed by atoms with Gasteiger partial charge in [-0.15, -0.1) is 0 Å². The van der Waals surface area contributed by atoms with Gasteiger partial charge in [0.1, 0.15) is 5.75 Å². The number of hydrogen-bond donors (Lipinski definition) is 3. The van der Waals surface area contributed by atoms with Crippen molar-refractivity contribution >= 4 is 34.6 Å². The Labute approximate surface area is 140 Å². The molecule has 0 atom stereocenters. The molecule has 0 bridgehead atoms. The Morgan fingerprint density at radius 3 is 2.57 bits per heavy atom. The highest BCUT2D eigenvalue weighted by molar-refractivity contribution is 6.31. The third kappa shape index (κ3) is 4.29. The van der Waals surface area contributed by atoms with E-state index in [9.17, 15) is 4.79 Å². The van der Waals surface area contributed by atoms with Crippen LogP contribution >= 0.6 is 11.6 Å². The second kappa shape index (κ2) is 7.24. The van der Waals surface area contributed by atoms with E-state index >= 15 is 0 Å². The number of anilines is 3. The average molecular weight is 334 g/mol. The molecule has 23 heavy (non-hydrogen) atoms. The number of nitrogens with one attached hydrogen (secondary N) is 2. The zero-order chi connectivity index (χ0) is 17.0. The number of rotatable bonds is 5. The first-order valence-electron chi connectivity index (χ1n) is 7.21. The normalized spacial score (nSPS) is 10.5. The number of benzene rings is 2. The van der Waals surface area contributed by atoms with Crippen LogP contribution in [0.3, 0.4) is 0 Å². The SMILES string of the molecule is COc1ccc(Cl)cc1Nc1ccc(N)cc1C(=O)NC(C)C. The Morgan fingerprint density at radius 2 is 1.91 bits per heavy atom. The summed E-state index contributed by atoms with van der Waals surface area (Å²) in [5, 5.41) is 6.62. The van der Waals surface area contributed by atoms with Crippen molar-refractivity contribution in [1.82, 2.24) is 5.32 Å². The van der Waals surface area contributed by atoms with Gasteiger partial charge in [-0.1, -0.05) is 11.6 Å². The second-order valence-electron chi connectivity index (χ2n) is 5.40. The van der Waals surface area contributed by atoms with E-state index in [-0.39, 0.29) is 11.9 Å². The van der Waals surface area contributed by atoms with Crippen LogP contribution in [0.4, 0.5) is 17.1 Å². The zero-order valence-corrected chi connectivity index (χ0v) is 14.1. The molecule has 4 N–H and O–H groups in total. The molecule has 2 aromatic rings. The summed E-state index contributed by atoms with van der Waals surface area (Å²) < 4.78 is 5.31. The van der Waals surface area contributed by atoms with Gasteiger partial charge in [-0.25, -0.2) is 0 Å². The number of methoxy groups -OCH3 is 1. The van der Waals surface area contributed by atoms with E-state index in [0.717, 1.165) is 0 Å². The highest BCUT2D eigenvalue weighted by atomic mass is 35.5. The van der Waals surface area contributed by atoms with Crippen molar-refractivity contribution in [2.75, 3.05) is 18.2 Å². The van der Waals surface area contributed by atoms with Crippen molar-refractivity contribution < 1.29 is 9.53 Å². The molecule has 0 saturated heterocycles. The number of ether oxygens (including phenoxy) is 1. The van der Waals surface area contributed by atoms with Crippen molar-refractivity contribution in [3.63, 3.8) is 0 Å². The van der Waals surface area contributed by atoms with E-state index in [1.54, 1.807) is 43.5 Å². The largest absolute Gasteiger partial charge is 0.495 e. The molecule has 6 heteroatoms. The molecule has 0 aliphatic heterocycles. The van der Waals surface area contributed by atoms with Crippen LogP contribution in [0, 0.1) is 0 Å². The van der Waals surface area contributed by atoms with Gasteiger partial charge in [-0.05, 0) is 50.2 Å². The molecule has 0 saturated carbocycles. The molecule has 0 unspecified atom stereocenters. The van der Waals surface area contributed by atoms with E-state index < -0.39 is 0 Å². The third-order valence-electron chi connectivity index (χ3n) is 3.14. The van der Waals surface area contributed by atoms with Gasteiger partial charge in [0.2, 0.25) is 0 Å². The van der Waals surface area contributed by atoms with Gasteiger partial charge in [0.15, 0.2) is 0 Å². The van der Waals surface area contributed by atoms with Crippen molar-refractivity contribution in [2.45, 2.75) is 19.9 Å². The topological polar surface area (TPSA) is 76.4 Å². The van der Waals surface area contributed by atoms with Crippen LogP contribution in [-0.4, -0.2) is 19.1 Å². The molecular weight excluding hydrogens is 314 g/mol. The van der Waals surface area contributed by atoms with Crippen molar-refractivity contribution in [1.29, 1.82) is 0 Å². The van der Waals surface area contributed by atoms with E-state index in [2.05, 4.69) is 10.6 Å². The van der Waals surface area contributed by atoms with Crippen LogP contribution in [0.5, 0.6) is 5.75 Å². The fraction of sp³-hybridized carbons (Fsp3) is 0.235. The maximum Gasteiger partial charge on any atom is 0.253 e. The fourth-order valence-electron chi connectivity index (χ4n) is 2.12. The number of nitrogens with two attached hydrogens (primary N) is 1. The predicted octanol–water partition coefficient (Wildman–Crippen LogP) is 3.81. The van der Waals surface area contributed by atoms with Crippen LogP contribution in [0.1, 0.15) is 24.2 Å². The highest BCUT2D eigenvalue weighted by Crippen LogP contribution is 2.32. The summed E-state index contributed by atoms with van der Waals surface area (Å²) in [5.41, 5.74) is 8.08. The van der Waals surface area contributed by atoms with Gasteiger partial charge in [-0.3, -0.25) is 4.79 Å². The Bertz CT molecular complexity index is 717. The summed E-state index contributed by atoms with van der Waals surface area (Å²) in [7, 11) is 1.57. The maximum absolute atomic E-state index is 12.4. The fourth-order valence-corrected chi connectivity index (χ4v) is 2.29. The quantitative estimate of drug-likeness (QED) is 0.727. The molecule has 2 rings (SSSR count). The van der Waals surface area contributed by atoms with Gasteiger partial charge in [0, 0.05) is 16.8 Å². The monoisotopic (exact) mass is 333 g/mol. The summed E-state index contributed by atoms with van der Waals surface area (Å²) in [6.07, 6.45) is 0. The van der Waals surface area contributed by atoms with Crippen LogP contribution in [0.2, 0.25) is 5.02 Å². The summed E-state index contributed by atoms with van der Waals surface area (Å²) >= 11 is 6.04. The molecule has 122 valence electrons. The number of carbonyl (C=O) groups is 1. The van der Waals surface area contributed by atoms with Crippen molar-refractivity contribution in [3.05, 3.63) is 47.0 Å². The van der Waals surface area contributed by atoms with E-state index in [0.29, 0.717) is 33.4 Å². The third-order valence-corrected chi connectivity index (χ3v) is 3.37. The molecule has 2 aromatic carbocycles. The van der Waals surface area contributed by atoms with Crippen LogP contribution < -0.4 is 21.1 Å². The lowest BCUT2D eigenvalue weighted by molar-refractivity contribution is 0.0944. The van der Waals surface area contributed by atoms with E-state index in [1.165, 1.54) is 0 Å². The molecule has 0 spiro atoms. The van der Waals surface area contributed by atoms with E-state index in [4.69, 9.17) is 22.1 Å². The standard InChI is InChI=1S/C17H20ClN3O2/c1-10(2)20-17(22)13-9-12(19)5-6-14(13)21-15-8-11(18)4-7-16(15)23-3/h4-10,21H,19H2,1-3H3,(H,20,22). The first-order valence-corrected chi connectivity index (χ1v) is 7.59. The Balaban J connectivity index is 2.40. The number of amides is 1. The molecule has 0 aliphatic rings. The zero-order valence-electron chi connectivity index (χ0n) is 13.3. The van der Waals surface area contributed by atoms with Gasteiger partial charge in [0.25, 0.3) is 5.91 Å². The second-order valence-corrected chi connectivity index (χ2v) is 5.84. The van der Waals surface area contributed by atoms with Gasteiger partial charge in [0.05, 0.1) is 24.0 Å². The molecule has 1 amide bonds. The van der Waals surface area contributed by atoms with Gasteiger partial charge >= 0.3 is 0 Å². The maximum atomic E-state index is 12.4. The minimum atomic E-state index is -0.198. The molecule has 0 aromatic heterocycles. The summed E-state index contributed by atoms with van der Waals surface area (Å²) in [4.78, 5) is 12.4. The summed E-state index contributed by atoms with van der Waals surface area (Å²) in [5.74, 6) is 0.428. The van der Waals surface area contributed by atoms with Crippen LogP contribution in [0.25, 0.3) is 0 Å². The smallest absolute Gasteiger partial charge is 0.253 e. The first kappa shape index (κ1) is 17.0. The number of hydrogen-bond acceptors (Lipinski definition) is 4. The minimum Gasteiger partial charge on any atom is -0.495 e. The first-order chi connectivity index (χ1) is 10.9. The summed E-state index contributed by atoms with van der Waals surface area (Å²) in [6.45, 7) is 3.80. The van der Waals surface area contributed by atoms with Crippen LogP contribution in [0.15, 0.2) is 36.4 Å². The van der Waals surface area contributed by atoms with Crippen molar-refractivity contribution in [2.24, 2.45) is 0 Å². The number of carbonyl (C=O) groups excluding carboxylic acids is 1. The lowest BCUT2D eigenvalue weighted by Gasteiger charge is -2.16. The Hall–Kier alpha value is -2.40. The number of nitrogen functional groups attached to an aromatic ring is 1. The van der Waals surface area contributed by atoms with Gasteiger partial charge in [-0.2, -0.15) is 0 Å². The lowest BCUT2D eigenvalue weighted by atomic mass is 10.1. The lowest BCUT2D eigenvalue weighted by Crippen LogP contribution is -2.30. The predicted molar refractivity (Wildman–Crippen MR) is 94.7 cm³/mol. The van der Waals surface area contributed by atoms with E-state index in [1.807, 2.05) is 13.8 Å². The van der Waals surface area contributed by atoms with Crippen molar-refractivity contribution in [3.8, 4) is 5.75 Å². The molecule has 5 nitrogen and oxygen atoms in total. The molecule has 0 radical (unpaired) electrons. The van der Waals surface area contributed by atoms with Crippen LogP contribution in [-0.2, 0) is 0 Å². The highest BCUT2D eigenvalue weighted by Gasteiger charge is 2.14. The molecule has 0 heterocycles. The Morgan fingerprint density at radius 1 is 1.17 bits per heavy atom. The summed E-state index contributed by atoms with van der Waals surface area (Å²) in [6, 6.07) is 10.4. The minimum absolute atomic E-state index is 0.0255. The Kier molecular flexibility index (Phi) is 5.34. The molecule has 0 aliphatic carbocycles. The number of halogens is 1. The molecule has 0 fully saturated rings.